The molecule has 31 heavy (non-hydrogen) atoms. The van der Waals surface area contributed by atoms with Crippen LogP contribution in [0.5, 0.6) is 0 Å². The highest BCUT2D eigenvalue weighted by Gasteiger charge is 2.26. The van der Waals surface area contributed by atoms with E-state index in [-0.39, 0.29) is 10.9 Å². The quantitative estimate of drug-likeness (QED) is 0.391. The van der Waals surface area contributed by atoms with Crippen molar-refractivity contribution in [3.05, 3.63) is 95.5 Å². The van der Waals surface area contributed by atoms with Gasteiger partial charge in [0.25, 0.3) is 0 Å². The Bertz CT molecular complexity index is 1200. The summed E-state index contributed by atoms with van der Waals surface area (Å²) in [6, 6.07) is 23.6. The van der Waals surface area contributed by atoms with Crippen LogP contribution in [-0.2, 0) is 23.0 Å². The molecule has 0 spiro atoms. The molecule has 2 aromatic heterocycles. The number of hydrogen-bond donors (Lipinski definition) is 1. The minimum atomic E-state index is -3.72. The largest absolute Gasteiger partial charge is 0.266 e. The van der Waals surface area contributed by atoms with Crippen molar-refractivity contribution in [2.24, 2.45) is 0 Å². The van der Waals surface area contributed by atoms with Crippen molar-refractivity contribution in [2.75, 3.05) is 0 Å². The maximum Gasteiger partial charge on any atom is 0.244 e. The van der Waals surface area contributed by atoms with E-state index in [0.717, 1.165) is 23.3 Å². The van der Waals surface area contributed by atoms with E-state index in [9.17, 15) is 8.42 Å². The molecule has 0 aliphatic heterocycles. The van der Waals surface area contributed by atoms with Gasteiger partial charge in [0.15, 0.2) is 0 Å². The number of sulfonamides is 1. The van der Waals surface area contributed by atoms with Crippen molar-refractivity contribution in [3.63, 3.8) is 0 Å². The first-order valence-corrected chi connectivity index (χ1v) is 12.6. The smallest absolute Gasteiger partial charge is 0.244 e. The van der Waals surface area contributed by atoms with Crippen LogP contribution in [0.1, 0.15) is 24.5 Å². The summed E-state index contributed by atoms with van der Waals surface area (Å²) in [4.78, 5) is 1.06. The zero-order valence-electron chi connectivity index (χ0n) is 17.3. The molecule has 0 aliphatic carbocycles. The molecule has 0 saturated heterocycles. The van der Waals surface area contributed by atoms with Crippen LogP contribution in [-0.4, -0.2) is 24.2 Å². The van der Waals surface area contributed by atoms with Crippen molar-refractivity contribution in [3.8, 4) is 10.6 Å². The Morgan fingerprint density at radius 1 is 0.968 bits per heavy atom. The summed E-state index contributed by atoms with van der Waals surface area (Å²) in [6.07, 6.45) is 3.17. The van der Waals surface area contributed by atoms with Gasteiger partial charge in [-0.2, -0.15) is 5.10 Å². The number of benzene rings is 2. The number of thiophene rings is 1. The third kappa shape index (κ3) is 5.50. The third-order valence-electron chi connectivity index (χ3n) is 5.02. The summed E-state index contributed by atoms with van der Waals surface area (Å²) in [5.41, 5.74) is 2.76. The monoisotopic (exact) mass is 451 g/mol. The predicted octanol–water partition coefficient (Wildman–Crippen LogP) is 4.96. The zero-order valence-corrected chi connectivity index (χ0v) is 18.9. The lowest BCUT2D eigenvalue weighted by molar-refractivity contribution is 0.547. The molecule has 1 unspecified atom stereocenters. The fourth-order valence-corrected chi connectivity index (χ4v) is 5.68. The van der Waals surface area contributed by atoms with E-state index in [1.807, 2.05) is 73.0 Å². The van der Waals surface area contributed by atoms with Gasteiger partial charge in [0.05, 0.1) is 11.4 Å². The van der Waals surface area contributed by atoms with Gasteiger partial charge in [0.2, 0.25) is 10.0 Å². The van der Waals surface area contributed by atoms with Gasteiger partial charge in [0, 0.05) is 12.2 Å². The molecule has 1 atom stereocenters. The fourth-order valence-electron chi connectivity index (χ4n) is 3.45. The second-order valence-electron chi connectivity index (χ2n) is 7.55. The number of rotatable bonds is 9. The van der Waals surface area contributed by atoms with Gasteiger partial charge >= 0.3 is 0 Å². The summed E-state index contributed by atoms with van der Waals surface area (Å²) in [5, 5.41) is 6.55. The maximum atomic E-state index is 13.3. The van der Waals surface area contributed by atoms with E-state index in [2.05, 4.69) is 22.0 Å². The molecule has 4 aromatic rings. The molecule has 0 saturated carbocycles. The fraction of sp³-hybridized carbons (Fsp3) is 0.208. The van der Waals surface area contributed by atoms with Crippen molar-refractivity contribution in [2.45, 2.75) is 37.2 Å². The Morgan fingerprint density at radius 3 is 2.29 bits per heavy atom. The first-order valence-electron chi connectivity index (χ1n) is 10.2. The van der Waals surface area contributed by atoms with Crippen LogP contribution in [0.25, 0.3) is 10.6 Å². The summed E-state index contributed by atoms with van der Waals surface area (Å²) in [7, 11) is -3.72. The first-order chi connectivity index (χ1) is 15.0. The number of aryl methyl sites for hydroxylation is 1. The van der Waals surface area contributed by atoms with Crippen molar-refractivity contribution in [1.82, 2.24) is 14.5 Å². The van der Waals surface area contributed by atoms with Crippen LogP contribution >= 0.6 is 11.3 Å². The normalized spacial score (nSPS) is 12.7. The predicted molar refractivity (Wildman–Crippen MR) is 126 cm³/mol. The lowest BCUT2D eigenvalue weighted by Gasteiger charge is -2.14. The molecule has 1 N–H and O–H groups in total. The average Bonchev–Trinajstić information content (AvgIpc) is 3.44. The van der Waals surface area contributed by atoms with Crippen LogP contribution in [0, 0.1) is 0 Å². The molecule has 2 aromatic carbocycles. The van der Waals surface area contributed by atoms with Crippen LogP contribution in [0.15, 0.2) is 89.3 Å². The Labute approximate surface area is 187 Å². The van der Waals surface area contributed by atoms with Crippen molar-refractivity contribution < 1.29 is 8.42 Å². The molecular weight excluding hydrogens is 426 g/mol. The van der Waals surface area contributed by atoms with Gasteiger partial charge in [0.1, 0.15) is 10.6 Å². The lowest BCUT2D eigenvalue weighted by Crippen LogP contribution is -2.33. The minimum absolute atomic E-state index is 0.195. The third-order valence-corrected chi connectivity index (χ3v) is 7.49. The van der Waals surface area contributed by atoms with Gasteiger partial charge in [-0.15, -0.1) is 11.3 Å². The van der Waals surface area contributed by atoms with Gasteiger partial charge < -0.3 is 0 Å². The highest BCUT2D eigenvalue weighted by atomic mass is 32.2. The second-order valence-corrected chi connectivity index (χ2v) is 10.2. The summed E-state index contributed by atoms with van der Waals surface area (Å²) in [5.74, 6) is 0. The summed E-state index contributed by atoms with van der Waals surface area (Å²) >= 11 is 1.48. The van der Waals surface area contributed by atoms with E-state index < -0.39 is 10.0 Å². The Morgan fingerprint density at radius 2 is 1.65 bits per heavy atom. The SMILES string of the molecule is CC(CCc1ccccc1)NS(=O)(=O)c1cn(Cc2ccccc2)nc1-c1cccs1. The second kappa shape index (κ2) is 9.60. The Kier molecular flexibility index (Phi) is 6.65. The molecule has 4 rings (SSSR count). The average molecular weight is 452 g/mol. The zero-order chi connectivity index (χ0) is 21.7. The summed E-state index contributed by atoms with van der Waals surface area (Å²) < 4.78 is 31.1. The number of nitrogens with one attached hydrogen (secondary N) is 1. The maximum absolute atomic E-state index is 13.3. The number of aromatic nitrogens is 2. The van der Waals surface area contributed by atoms with Crippen LogP contribution in [0.2, 0.25) is 0 Å². The van der Waals surface area contributed by atoms with E-state index in [4.69, 9.17) is 0 Å². The molecule has 0 bridgehead atoms. The molecule has 0 aliphatic rings. The molecule has 0 amide bonds. The highest BCUT2D eigenvalue weighted by Crippen LogP contribution is 2.30. The van der Waals surface area contributed by atoms with Gasteiger partial charge in [-0.1, -0.05) is 66.7 Å². The first kappa shape index (κ1) is 21.5. The number of hydrogen-bond acceptors (Lipinski definition) is 4. The number of nitrogens with zero attached hydrogens (tertiary/aromatic N) is 2. The lowest BCUT2D eigenvalue weighted by atomic mass is 10.1. The molecule has 0 fully saturated rings. The van der Waals surface area contributed by atoms with E-state index in [1.165, 1.54) is 16.9 Å². The molecule has 2 heterocycles. The van der Waals surface area contributed by atoms with Crippen LogP contribution in [0.4, 0.5) is 0 Å². The Balaban J connectivity index is 1.55. The minimum Gasteiger partial charge on any atom is -0.266 e. The molecule has 7 heteroatoms. The van der Waals surface area contributed by atoms with Crippen molar-refractivity contribution in [1.29, 1.82) is 0 Å². The van der Waals surface area contributed by atoms with Gasteiger partial charge in [-0.05, 0) is 42.3 Å². The molecule has 160 valence electrons. The Hall–Kier alpha value is -2.74. The molecule has 5 nitrogen and oxygen atoms in total. The van der Waals surface area contributed by atoms with Gasteiger partial charge in [-0.25, -0.2) is 13.1 Å². The topological polar surface area (TPSA) is 64.0 Å². The summed E-state index contributed by atoms with van der Waals surface area (Å²) in [6.45, 7) is 2.41. The van der Waals surface area contributed by atoms with E-state index in [0.29, 0.717) is 12.2 Å². The van der Waals surface area contributed by atoms with Crippen LogP contribution in [0.3, 0.4) is 0 Å². The van der Waals surface area contributed by atoms with Crippen LogP contribution < -0.4 is 4.72 Å². The van der Waals surface area contributed by atoms with E-state index >= 15 is 0 Å². The van der Waals surface area contributed by atoms with Gasteiger partial charge in [-0.3, -0.25) is 4.68 Å². The van der Waals surface area contributed by atoms with Crippen molar-refractivity contribution >= 4 is 21.4 Å². The van der Waals surface area contributed by atoms with E-state index in [1.54, 1.807) is 10.9 Å². The molecular formula is C24H25N3O2S2. The molecule has 0 radical (unpaired) electrons. The standard InChI is InChI=1S/C24H25N3O2S2/c1-19(14-15-20-9-4-2-5-10-20)26-31(28,29)23-18-27(17-21-11-6-3-7-12-21)25-24(23)22-13-8-16-30-22/h2-13,16,18-19,26H,14-15,17H2,1H3. The highest BCUT2D eigenvalue weighted by molar-refractivity contribution is 7.89.